The number of fused-ring (bicyclic) bond motifs is 1. The summed E-state index contributed by atoms with van der Waals surface area (Å²) in [5.74, 6) is 1.54. The van der Waals surface area contributed by atoms with Crippen molar-refractivity contribution < 1.29 is 4.74 Å². The molecule has 1 fully saturated rings. The first kappa shape index (κ1) is 9.60. The Labute approximate surface area is 94.8 Å². The number of aromatic nitrogens is 1. The number of nitrogens with zero attached hydrogens (tertiary/aromatic N) is 1. The van der Waals surface area contributed by atoms with Gasteiger partial charge in [-0.05, 0) is 29.5 Å². The van der Waals surface area contributed by atoms with Crippen molar-refractivity contribution in [2.24, 2.45) is 5.92 Å². The molecular formula is C13H14N2O. The number of rotatable bonds is 3. The molecule has 2 aliphatic rings. The van der Waals surface area contributed by atoms with Crippen molar-refractivity contribution in [3.63, 3.8) is 0 Å². The molecule has 1 saturated heterocycles. The summed E-state index contributed by atoms with van der Waals surface area (Å²) in [5.41, 5.74) is 2.54. The maximum absolute atomic E-state index is 5.23. The standard InChI is InChI=1S/C13H14N2O/c1-2-16-12-4-10(6-14-8-12)9-3-11-7-15-13(11)5-9/h2,4-6,8,11,13,15H,1,3,7H2/t11-,13-/m0/s1. The summed E-state index contributed by atoms with van der Waals surface area (Å²) < 4.78 is 5.23. The van der Waals surface area contributed by atoms with Crippen LogP contribution in [0.1, 0.15) is 12.0 Å². The van der Waals surface area contributed by atoms with Gasteiger partial charge in [0.05, 0.1) is 12.5 Å². The third-order valence-corrected chi connectivity index (χ3v) is 3.29. The normalized spacial score (nSPS) is 26.6. The van der Waals surface area contributed by atoms with Gasteiger partial charge in [0.2, 0.25) is 0 Å². The lowest BCUT2D eigenvalue weighted by atomic mass is 9.94. The van der Waals surface area contributed by atoms with E-state index in [-0.39, 0.29) is 0 Å². The Morgan fingerprint density at radius 1 is 1.50 bits per heavy atom. The molecule has 0 aromatic carbocycles. The van der Waals surface area contributed by atoms with Gasteiger partial charge in [0.25, 0.3) is 0 Å². The Kier molecular flexibility index (Phi) is 2.26. The van der Waals surface area contributed by atoms with Gasteiger partial charge in [-0.25, -0.2) is 0 Å². The molecule has 2 heterocycles. The van der Waals surface area contributed by atoms with Gasteiger partial charge >= 0.3 is 0 Å². The van der Waals surface area contributed by atoms with E-state index in [9.17, 15) is 0 Å². The van der Waals surface area contributed by atoms with Crippen LogP contribution in [-0.2, 0) is 0 Å². The first-order chi connectivity index (χ1) is 7.86. The molecule has 1 aromatic heterocycles. The molecule has 16 heavy (non-hydrogen) atoms. The van der Waals surface area contributed by atoms with Gasteiger partial charge in [-0.3, -0.25) is 4.98 Å². The van der Waals surface area contributed by atoms with Crippen LogP contribution in [0.4, 0.5) is 0 Å². The first-order valence-electron chi connectivity index (χ1n) is 5.54. The van der Waals surface area contributed by atoms with Crippen LogP contribution in [0.2, 0.25) is 0 Å². The summed E-state index contributed by atoms with van der Waals surface area (Å²) in [6, 6.07) is 2.60. The van der Waals surface area contributed by atoms with Crippen molar-refractivity contribution in [1.82, 2.24) is 10.3 Å². The molecule has 0 spiro atoms. The fraction of sp³-hybridized carbons (Fsp3) is 0.308. The van der Waals surface area contributed by atoms with Crippen LogP contribution in [0, 0.1) is 5.92 Å². The van der Waals surface area contributed by atoms with Gasteiger partial charge < -0.3 is 10.1 Å². The molecule has 1 aliphatic carbocycles. The summed E-state index contributed by atoms with van der Waals surface area (Å²) in [6.45, 7) is 4.68. The van der Waals surface area contributed by atoms with E-state index in [1.807, 2.05) is 12.3 Å². The van der Waals surface area contributed by atoms with Crippen LogP contribution in [-0.4, -0.2) is 17.6 Å². The van der Waals surface area contributed by atoms with Gasteiger partial charge in [-0.1, -0.05) is 12.7 Å². The average Bonchev–Trinajstić information content (AvgIpc) is 2.56. The average molecular weight is 214 g/mol. The molecule has 0 radical (unpaired) electrons. The van der Waals surface area contributed by atoms with E-state index in [4.69, 9.17) is 4.74 Å². The summed E-state index contributed by atoms with van der Waals surface area (Å²) in [5, 5.41) is 3.40. The number of pyridine rings is 1. The van der Waals surface area contributed by atoms with Gasteiger partial charge in [0, 0.05) is 18.8 Å². The highest BCUT2D eigenvalue weighted by molar-refractivity contribution is 5.69. The zero-order valence-corrected chi connectivity index (χ0v) is 9.02. The number of hydrogen-bond acceptors (Lipinski definition) is 3. The molecule has 0 amide bonds. The fourth-order valence-electron chi connectivity index (χ4n) is 2.35. The number of ether oxygens (including phenoxy) is 1. The molecule has 1 aromatic rings. The second-order valence-electron chi connectivity index (χ2n) is 4.28. The molecule has 3 heteroatoms. The van der Waals surface area contributed by atoms with Crippen molar-refractivity contribution in [2.75, 3.05) is 6.54 Å². The minimum atomic E-state index is 0.582. The number of allylic oxidation sites excluding steroid dienone is 1. The highest BCUT2D eigenvalue weighted by atomic mass is 16.5. The van der Waals surface area contributed by atoms with Crippen molar-refractivity contribution in [3.05, 3.63) is 42.9 Å². The fourth-order valence-corrected chi connectivity index (χ4v) is 2.35. The minimum Gasteiger partial charge on any atom is -0.464 e. The monoisotopic (exact) mass is 214 g/mol. The molecule has 0 saturated carbocycles. The summed E-state index contributed by atoms with van der Waals surface area (Å²) in [7, 11) is 0. The largest absolute Gasteiger partial charge is 0.464 e. The molecule has 0 unspecified atom stereocenters. The lowest BCUT2D eigenvalue weighted by Crippen LogP contribution is -2.49. The molecule has 3 nitrogen and oxygen atoms in total. The minimum absolute atomic E-state index is 0.582. The molecule has 82 valence electrons. The Morgan fingerprint density at radius 2 is 2.44 bits per heavy atom. The van der Waals surface area contributed by atoms with Gasteiger partial charge in [-0.15, -0.1) is 0 Å². The zero-order valence-electron chi connectivity index (χ0n) is 9.02. The molecule has 3 rings (SSSR count). The van der Waals surface area contributed by atoms with Crippen molar-refractivity contribution >= 4 is 5.57 Å². The maximum Gasteiger partial charge on any atom is 0.145 e. The van der Waals surface area contributed by atoms with E-state index in [2.05, 4.69) is 23.0 Å². The maximum atomic E-state index is 5.23. The number of nitrogens with one attached hydrogen (secondary N) is 1. The summed E-state index contributed by atoms with van der Waals surface area (Å²) in [4.78, 5) is 4.18. The van der Waals surface area contributed by atoms with Crippen molar-refractivity contribution in [3.8, 4) is 5.75 Å². The zero-order chi connectivity index (χ0) is 11.0. The number of hydrogen-bond donors (Lipinski definition) is 1. The molecule has 0 bridgehead atoms. The van der Waals surface area contributed by atoms with Crippen molar-refractivity contribution in [1.29, 1.82) is 0 Å². The van der Waals surface area contributed by atoms with E-state index in [0.717, 1.165) is 30.2 Å². The Balaban J connectivity index is 1.86. The van der Waals surface area contributed by atoms with Crippen LogP contribution in [0.3, 0.4) is 0 Å². The molecule has 1 aliphatic heterocycles. The summed E-state index contributed by atoms with van der Waals surface area (Å²) >= 11 is 0. The summed E-state index contributed by atoms with van der Waals surface area (Å²) in [6.07, 6.45) is 8.48. The van der Waals surface area contributed by atoms with E-state index in [0.29, 0.717) is 6.04 Å². The topological polar surface area (TPSA) is 34.1 Å². The van der Waals surface area contributed by atoms with E-state index >= 15 is 0 Å². The van der Waals surface area contributed by atoms with Crippen LogP contribution in [0.15, 0.2) is 37.4 Å². The first-order valence-corrected chi connectivity index (χ1v) is 5.54. The predicted molar refractivity (Wildman–Crippen MR) is 62.9 cm³/mol. The molecule has 1 N–H and O–H groups in total. The van der Waals surface area contributed by atoms with E-state index in [1.54, 1.807) is 6.20 Å². The van der Waals surface area contributed by atoms with Crippen LogP contribution in [0.25, 0.3) is 5.57 Å². The third kappa shape index (κ3) is 1.53. The van der Waals surface area contributed by atoms with Gasteiger partial charge in [-0.2, -0.15) is 0 Å². The second kappa shape index (κ2) is 3.76. The highest BCUT2D eigenvalue weighted by Gasteiger charge is 2.34. The molecule has 2 atom stereocenters. The van der Waals surface area contributed by atoms with E-state index in [1.165, 1.54) is 11.8 Å². The lowest BCUT2D eigenvalue weighted by Gasteiger charge is -2.31. The van der Waals surface area contributed by atoms with Crippen LogP contribution in [0.5, 0.6) is 5.75 Å². The third-order valence-electron chi connectivity index (χ3n) is 3.29. The van der Waals surface area contributed by atoms with E-state index < -0.39 is 0 Å². The highest BCUT2D eigenvalue weighted by Crippen LogP contribution is 2.36. The van der Waals surface area contributed by atoms with Crippen LogP contribution >= 0.6 is 0 Å². The Hall–Kier alpha value is -1.61. The van der Waals surface area contributed by atoms with Crippen molar-refractivity contribution in [2.45, 2.75) is 12.5 Å². The smallest absolute Gasteiger partial charge is 0.145 e. The lowest BCUT2D eigenvalue weighted by molar-refractivity contribution is 0.301. The predicted octanol–water partition coefficient (Wildman–Crippen LogP) is 1.98. The molecular weight excluding hydrogens is 200 g/mol. The second-order valence-corrected chi connectivity index (χ2v) is 4.28. The van der Waals surface area contributed by atoms with Crippen LogP contribution < -0.4 is 10.1 Å². The van der Waals surface area contributed by atoms with Gasteiger partial charge in [0.15, 0.2) is 0 Å². The quantitative estimate of drug-likeness (QED) is 0.781. The Bertz CT molecular complexity index is 453. The van der Waals surface area contributed by atoms with Gasteiger partial charge in [0.1, 0.15) is 5.75 Å². The SMILES string of the molecule is C=COc1cncc(C2=C[C@@H]3NC[C@@H]3C2)c1. The Morgan fingerprint density at radius 3 is 3.06 bits per heavy atom.